The van der Waals surface area contributed by atoms with Gasteiger partial charge in [0.05, 0.1) is 36.4 Å². The SMILES string of the molecule is O=C(O)CC1CCC2O[C@@H]3CC2(CC[C@H]3OC2(O)CCCCC2)O1. The van der Waals surface area contributed by atoms with Gasteiger partial charge in [0.15, 0.2) is 5.79 Å². The molecular weight excluding hydrogens is 312 g/mol. The highest BCUT2D eigenvalue weighted by molar-refractivity contribution is 5.67. The fourth-order valence-corrected chi connectivity index (χ4v) is 5.13. The molecular formula is C18H28O6. The van der Waals surface area contributed by atoms with Crippen LogP contribution in [-0.4, -0.2) is 52.0 Å². The van der Waals surface area contributed by atoms with E-state index in [0.29, 0.717) is 12.8 Å². The van der Waals surface area contributed by atoms with Crippen LogP contribution < -0.4 is 0 Å². The summed E-state index contributed by atoms with van der Waals surface area (Å²) in [5.41, 5.74) is -0.335. The summed E-state index contributed by atoms with van der Waals surface area (Å²) in [4.78, 5) is 11.0. The van der Waals surface area contributed by atoms with Crippen molar-refractivity contribution < 1.29 is 29.2 Å². The summed E-state index contributed by atoms with van der Waals surface area (Å²) >= 11 is 0. The van der Waals surface area contributed by atoms with Gasteiger partial charge in [-0.1, -0.05) is 6.42 Å². The van der Waals surface area contributed by atoms with Crippen LogP contribution in [0.25, 0.3) is 0 Å². The lowest BCUT2D eigenvalue weighted by Gasteiger charge is -2.44. The number of hydrogen-bond acceptors (Lipinski definition) is 5. The minimum Gasteiger partial charge on any atom is -0.481 e. The van der Waals surface area contributed by atoms with E-state index in [1.807, 2.05) is 0 Å². The molecule has 136 valence electrons. The lowest BCUT2D eigenvalue weighted by molar-refractivity contribution is -0.264. The van der Waals surface area contributed by atoms with Crippen LogP contribution in [0.3, 0.4) is 0 Å². The molecule has 4 aliphatic rings. The fourth-order valence-electron chi connectivity index (χ4n) is 5.13. The Hall–Kier alpha value is -0.690. The number of fused-ring (bicyclic) bond motifs is 1. The Morgan fingerprint density at radius 2 is 1.92 bits per heavy atom. The predicted octanol–water partition coefficient (Wildman–Crippen LogP) is 2.37. The summed E-state index contributed by atoms with van der Waals surface area (Å²) in [6, 6.07) is 0. The van der Waals surface area contributed by atoms with Gasteiger partial charge in [-0.2, -0.15) is 0 Å². The standard InChI is InChI=1S/C18H28O6/c19-16(20)10-12-4-5-15-17(23-12)9-6-13(14(11-17)22-15)24-18(21)7-2-1-3-8-18/h12-15,21H,1-11H2,(H,19,20)/t12?,13-,14-,15?,17?/m1/s1. The first kappa shape index (κ1) is 16.8. The summed E-state index contributed by atoms with van der Waals surface area (Å²) in [7, 11) is 0. The third-order valence-corrected chi connectivity index (χ3v) is 6.30. The van der Waals surface area contributed by atoms with Crippen molar-refractivity contribution in [3.63, 3.8) is 0 Å². The van der Waals surface area contributed by atoms with Crippen molar-refractivity contribution in [3.8, 4) is 0 Å². The normalized spacial score (nSPS) is 44.0. The van der Waals surface area contributed by atoms with Gasteiger partial charge in [0.25, 0.3) is 0 Å². The molecule has 4 fully saturated rings. The van der Waals surface area contributed by atoms with Crippen molar-refractivity contribution in [3.05, 3.63) is 0 Å². The Morgan fingerprint density at radius 3 is 2.67 bits per heavy atom. The molecule has 2 aliphatic heterocycles. The second-order valence-corrected chi connectivity index (χ2v) is 8.05. The van der Waals surface area contributed by atoms with E-state index in [4.69, 9.17) is 19.3 Å². The van der Waals surface area contributed by atoms with Crippen molar-refractivity contribution >= 4 is 5.97 Å². The quantitative estimate of drug-likeness (QED) is 0.764. The molecule has 2 aliphatic carbocycles. The molecule has 6 heteroatoms. The summed E-state index contributed by atoms with van der Waals surface area (Å²) in [6.07, 6.45) is 8.38. The van der Waals surface area contributed by atoms with Gasteiger partial charge in [0.1, 0.15) is 0 Å². The van der Waals surface area contributed by atoms with Crippen molar-refractivity contribution in [2.45, 2.75) is 106 Å². The maximum absolute atomic E-state index is 11.0. The van der Waals surface area contributed by atoms with Gasteiger partial charge in [0.2, 0.25) is 0 Å². The highest BCUT2D eigenvalue weighted by atomic mass is 16.7. The highest BCUT2D eigenvalue weighted by Gasteiger charge is 2.58. The minimum absolute atomic E-state index is 0.0433. The predicted molar refractivity (Wildman–Crippen MR) is 84.5 cm³/mol. The van der Waals surface area contributed by atoms with Gasteiger partial charge < -0.3 is 24.4 Å². The second-order valence-electron chi connectivity index (χ2n) is 8.05. The molecule has 2 bridgehead atoms. The molecule has 1 spiro atoms. The van der Waals surface area contributed by atoms with Gasteiger partial charge in [-0.15, -0.1) is 0 Å². The Morgan fingerprint density at radius 1 is 1.12 bits per heavy atom. The molecule has 0 aromatic rings. The molecule has 2 saturated heterocycles. The molecule has 0 radical (unpaired) electrons. The van der Waals surface area contributed by atoms with Crippen LogP contribution in [0.15, 0.2) is 0 Å². The van der Waals surface area contributed by atoms with E-state index in [1.54, 1.807) is 0 Å². The molecule has 2 saturated carbocycles. The van der Waals surface area contributed by atoms with E-state index in [2.05, 4.69) is 0 Å². The molecule has 4 rings (SSSR count). The number of aliphatic hydroxyl groups is 1. The second kappa shape index (κ2) is 6.24. The van der Waals surface area contributed by atoms with Crippen LogP contribution in [0, 0.1) is 0 Å². The number of aliphatic carboxylic acids is 1. The van der Waals surface area contributed by atoms with Gasteiger partial charge in [-0.05, 0) is 38.5 Å². The van der Waals surface area contributed by atoms with Gasteiger partial charge >= 0.3 is 5.97 Å². The smallest absolute Gasteiger partial charge is 0.305 e. The summed E-state index contributed by atoms with van der Waals surface area (Å²) in [5.74, 6) is -1.79. The maximum Gasteiger partial charge on any atom is 0.305 e. The van der Waals surface area contributed by atoms with Gasteiger partial charge in [-0.25, -0.2) is 0 Å². The number of rotatable bonds is 4. The summed E-state index contributed by atoms with van der Waals surface area (Å²) in [6.45, 7) is 0. The zero-order chi connectivity index (χ0) is 16.8. The zero-order valence-corrected chi connectivity index (χ0v) is 14.1. The van der Waals surface area contributed by atoms with Crippen LogP contribution in [0.2, 0.25) is 0 Å². The topological polar surface area (TPSA) is 85.2 Å². The monoisotopic (exact) mass is 340 g/mol. The van der Waals surface area contributed by atoms with E-state index in [9.17, 15) is 9.90 Å². The third kappa shape index (κ3) is 3.09. The number of carboxylic acids is 1. The Balaban J connectivity index is 1.41. The number of carboxylic acid groups (broad SMARTS) is 1. The Kier molecular flexibility index (Phi) is 4.35. The van der Waals surface area contributed by atoms with Crippen LogP contribution in [0.4, 0.5) is 0 Å². The largest absolute Gasteiger partial charge is 0.481 e. The highest BCUT2D eigenvalue weighted by Crippen LogP contribution is 2.51. The Bertz CT molecular complexity index is 488. The molecule has 6 nitrogen and oxygen atoms in total. The Labute approximate surface area is 142 Å². The molecule has 0 aromatic heterocycles. The van der Waals surface area contributed by atoms with Gasteiger partial charge in [-0.3, -0.25) is 4.79 Å². The van der Waals surface area contributed by atoms with Gasteiger partial charge in [0, 0.05) is 19.3 Å². The van der Waals surface area contributed by atoms with E-state index in [1.165, 1.54) is 6.42 Å². The third-order valence-electron chi connectivity index (χ3n) is 6.30. The van der Waals surface area contributed by atoms with E-state index < -0.39 is 11.8 Å². The average Bonchev–Trinajstić information content (AvgIpc) is 2.83. The maximum atomic E-state index is 11.0. The summed E-state index contributed by atoms with van der Waals surface area (Å²) < 4.78 is 18.6. The van der Waals surface area contributed by atoms with E-state index in [0.717, 1.165) is 44.9 Å². The van der Waals surface area contributed by atoms with Crippen molar-refractivity contribution in [1.82, 2.24) is 0 Å². The number of ether oxygens (including phenoxy) is 3. The van der Waals surface area contributed by atoms with E-state index >= 15 is 0 Å². The lowest BCUT2D eigenvalue weighted by atomic mass is 9.77. The zero-order valence-electron chi connectivity index (χ0n) is 14.1. The molecule has 0 aromatic carbocycles. The van der Waals surface area contributed by atoms with Crippen LogP contribution in [0.1, 0.15) is 70.6 Å². The molecule has 5 atom stereocenters. The van der Waals surface area contributed by atoms with Crippen molar-refractivity contribution in [1.29, 1.82) is 0 Å². The molecule has 24 heavy (non-hydrogen) atoms. The first-order chi connectivity index (χ1) is 11.5. The van der Waals surface area contributed by atoms with E-state index in [-0.39, 0.29) is 36.4 Å². The molecule has 2 N–H and O–H groups in total. The average molecular weight is 340 g/mol. The summed E-state index contributed by atoms with van der Waals surface area (Å²) in [5, 5.41) is 19.7. The molecule has 3 unspecified atom stereocenters. The molecule has 2 heterocycles. The first-order valence-corrected chi connectivity index (χ1v) is 9.43. The minimum atomic E-state index is -0.989. The van der Waals surface area contributed by atoms with Crippen molar-refractivity contribution in [2.24, 2.45) is 0 Å². The van der Waals surface area contributed by atoms with Crippen LogP contribution >= 0.6 is 0 Å². The fraction of sp³-hybridized carbons (Fsp3) is 0.944. The number of carbonyl (C=O) groups is 1. The number of hydrogen-bond donors (Lipinski definition) is 2. The van der Waals surface area contributed by atoms with Crippen LogP contribution in [-0.2, 0) is 19.0 Å². The van der Waals surface area contributed by atoms with Crippen LogP contribution in [0.5, 0.6) is 0 Å². The first-order valence-electron chi connectivity index (χ1n) is 9.43. The lowest BCUT2D eigenvalue weighted by Crippen LogP contribution is -2.51. The molecule has 0 amide bonds. The van der Waals surface area contributed by atoms with Crippen molar-refractivity contribution in [2.75, 3.05) is 0 Å².